The Balaban J connectivity index is 0.00000144. The van der Waals surface area contributed by atoms with E-state index in [0.717, 1.165) is 5.56 Å². The summed E-state index contributed by atoms with van der Waals surface area (Å²) in [5.41, 5.74) is 3.60. The highest BCUT2D eigenvalue weighted by molar-refractivity contribution is 5.87. The van der Waals surface area contributed by atoms with Crippen LogP contribution in [0.2, 0.25) is 0 Å². The van der Waals surface area contributed by atoms with Gasteiger partial charge in [0.15, 0.2) is 0 Å². The van der Waals surface area contributed by atoms with Crippen LogP contribution in [0.4, 0.5) is 0 Å². The predicted molar refractivity (Wildman–Crippen MR) is 51.7 cm³/mol. The molecule has 0 atom stereocenters. The highest BCUT2D eigenvalue weighted by atomic mass is 35.5. The maximum absolute atomic E-state index is 10.5. The standard InChI is InChI=1S/C8H10N2O2.ClH/c9-10-5-6-2-1-3-7(4-6)8(11)12;/h1-4,10H,5,9H2,(H,11,12);1H. The molecule has 0 aliphatic carbocycles. The Hall–Kier alpha value is -1.10. The van der Waals surface area contributed by atoms with Crippen molar-refractivity contribution in [1.29, 1.82) is 0 Å². The lowest BCUT2D eigenvalue weighted by Gasteiger charge is -2.00. The molecular formula is C8H11ClN2O2. The van der Waals surface area contributed by atoms with Gasteiger partial charge in [-0.1, -0.05) is 12.1 Å². The number of hydrogen-bond acceptors (Lipinski definition) is 3. The van der Waals surface area contributed by atoms with Crippen LogP contribution in [0.25, 0.3) is 0 Å². The van der Waals surface area contributed by atoms with Crippen molar-refractivity contribution in [2.24, 2.45) is 5.84 Å². The van der Waals surface area contributed by atoms with Crippen LogP contribution in [0, 0.1) is 0 Å². The van der Waals surface area contributed by atoms with Crippen LogP contribution in [-0.4, -0.2) is 11.1 Å². The number of carbonyl (C=O) groups is 1. The molecule has 0 saturated carbocycles. The predicted octanol–water partition coefficient (Wildman–Crippen LogP) is 0.770. The van der Waals surface area contributed by atoms with Crippen molar-refractivity contribution in [2.75, 3.05) is 0 Å². The molecule has 0 aliphatic rings. The summed E-state index contributed by atoms with van der Waals surface area (Å²) in [6.45, 7) is 0.473. The Kier molecular flexibility index (Phi) is 5.06. The highest BCUT2D eigenvalue weighted by Crippen LogP contribution is 2.04. The lowest BCUT2D eigenvalue weighted by atomic mass is 10.1. The first-order chi connectivity index (χ1) is 5.74. The minimum atomic E-state index is -0.922. The van der Waals surface area contributed by atoms with Crippen LogP contribution in [0.1, 0.15) is 15.9 Å². The molecule has 0 bridgehead atoms. The summed E-state index contributed by atoms with van der Waals surface area (Å²) in [6, 6.07) is 6.63. The molecule has 1 aromatic rings. The van der Waals surface area contributed by atoms with Gasteiger partial charge in [0.2, 0.25) is 0 Å². The summed E-state index contributed by atoms with van der Waals surface area (Å²) in [5.74, 6) is 4.17. The Morgan fingerprint density at radius 3 is 2.77 bits per heavy atom. The van der Waals surface area contributed by atoms with Crippen molar-refractivity contribution < 1.29 is 9.90 Å². The first-order valence-electron chi connectivity index (χ1n) is 3.49. The summed E-state index contributed by atoms with van der Waals surface area (Å²) in [4.78, 5) is 10.5. The molecule has 0 unspecified atom stereocenters. The van der Waals surface area contributed by atoms with E-state index in [-0.39, 0.29) is 18.0 Å². The molecule has 0 aliphatic heterocycles. The number of rotatable bonds is 3. The molecule has 4 N–H and O–H groups in total. The second-order valence-corrected chi connectivity index (χ2v) is 2.39. The molecule has 5 heteroatoms. The number of halogens is 1. The van der Waals surface area contributed by atoms with Gasteiger partial charge in [-0.3, -0.25) is 11.3 Å². The summed E-state index contributed by atoms with van der Waals surface area (Å²) in [6.07, 6.45) is 0. The second kappa shape index (κ2) is 5.53. The molecule has 72 valence electrons. The SMILES string of the molecule is Cl.NNCc1cccc(C(=O)O)c1. The largest absolute Gasteiger partial charge is 0.478 e. The fourth-order valence-corrected chi connectivity index (χ4v) is 0.932. The van der Waals surface area contributed by atoms with E-state index in [2.05, 4.69) is 5.43 Å². The molecule has 1 rings (SSSR count). The van der Waals surface area contributed by atoms with Gasteiger partial charge >= 0.3 is 5.97 Å². The third-order valence-electron chi connectivity index (χ3n) is 1.48. The van der Waals surface area contributed by atoms with Gasteiger partial charge in [-0.25, -0.2) is 4.79 Å². The van der Waals surface area contributed by atoms with Gasteiger partial charge < -0.3 is 5.11 Å². The number of hydrazine groups is 1. The lowest BCUT2D eigenvalue weighted by Crippen LogP contribution is -2.20. The van der Waals surface area contributed by atoms with E-state index in [0.29, 0.717) is 6.54 Å². The average Bonchev–Trinajstić information content (AvgIpc) is 2.05. The topological polar surface area (TPSA) is 75.3 Å². The van der Waals surface area contributed by atoms with Gasteiger partial charge in [-0.2, -0.15) is 0 Å². The number of carboxylic acids is 1. The zero-order chi connectivity index (χ0) is 8.97. The van der Waals surface area contributed by atoms with Gasteiger partial charge in [0.25, 0.3) is 0 Å². The fraction of sp³-hybridized carbons (Fsp3) is 0.125. The molecule has 0 radical (unpaired) electrons. The van der Waals surface area contributed by atoms with Crippen LogP contribution < -0.4 is 11.3 Å². The Bertz CT molecular complexity index is 291. The number of hydrogen-bond donors (Lipinski definition) is 3. The molecule has 13 heavy (non-hydrogen) atoms. The molecule has 0 amide bonds. The van der Waals surface area contributed by atoms with Gasteiger partial charge in [-0.05, 0) is 17.7 Å². The molecule has 0 saturated heterocycles. The van der Waals surface area contributed by atoms with Crippen LogP contribution in [0.5, 0.6) is 0 Å². The van der Waals surface area contributed by atoms with Crippen molar-refractivity contribution in [3.63, 3.8) is 0 Å². The van der Waals surface area contributed by atoms with Gasteiger partial charge in [0.1, 0.15) is 0 Å². The summed E-state index contributed by atoms with van der Waals surface area (Å²) in [7, 11) is 0. The molecule has 0 aromatic heterocycles. The Labute approximate surface area is 82.1 Å². The maximum atomic E-state index is 10.5. The van der Waals surface area contributed by atoms with Crippen molar-refractivity contribution >= 4 is 18.4 Å². The molecular weight excluding hydrogens is 192 g/mol. The third kappa shape index (κ3) is 3.42. The molecule has 0 heterocycles. The van der Waals surface area contributed by atoms with Crippen molar-refractivity contribution in [3.8, 4) is 0 Å². The van der Waals surface area contributed by atoms with Gasteiger partial charge in [0, 0.05) is 6.54 Å². The monoisotopic (exact) mass is 202 g/mol. The minimum Gasteiger partial charge on any atom is -0.478 e. The highest BCUT2D eigenvalue weighted by Gasteiger charge is 2.01. The van der Waals surface area contributed by atoms with Crippen molar-refractivity contribution in [1.82, 2.24) is 5.43 Å². The van der Waals surface area contributed by atoms with E-state index in [1.807, 2.05) is 6.07 Å². The van der Waals surface area contributed by atoms with Gasteiger partial charge in [-0.15, -0.1) is 12.4 Å². The first kappa shape index (κ1) is 11.9. The Morgan fingerprint density at radius 1 is 1.54 bits per heavy atom. The van der Waals surface area contributed by atoms with E-state index in [1.54, 1.807) is 18.2 Å². The Morgan fingerprint density at radius 2 is 2.23 bits per heavy atom. The number of benzene rings is 1. The van der Waals surface area contributed by atoms with E-state index < -0.39 is 5.97 Å². The minimum absolute atomic E-state index is 0. The van der Waals surface area contributed by atoms with E-state index >= 15 is 0 Å². The number of carboxylic acid groups (broad SMARTS) is 1. The zero-order valence-corrected chi connectivity index (χ0v) is 7.67. The molecule has 4 nitrogen and oxygen atoms in total. The molecule has 0 fully saturated rings. The number of nitrogens with one attached hydrogen (secondary N) is 1. The smallest absolute Gasteiger partial charge is 0.335 e. The van der Waals surface area contributed by atoms with Crippen LogP contribution in [0.15, 0.2) is 24.3 Å². The van der Waals surface area contributed by atoms with Crippen LogP contribution >= 0.6 is 12.4 Å². The summed E-state index contributed by atoms with van der Waals surface area (Å²) < 4.78 is 0. The quantitative estimate of drug-likeness (QED) is 0.500. The average molecular weight is 203 g/mol. The lowest BCUT2D eigenvalue weighted by molar-refractivity contribution is 0.0697. The van der Waals surface area contributed by atoms with Crippen molar-refractivity contribution in [2.45, 2.75) is 6.54 Å². The second-order valence-electron chi connectivity index (χ2n) is 2.39. The normalized spacial score (nSPS) is 9.00. The van der Waals surface area contributed by atoms with Crippen LogP contribution in [0.3, 0.4) is 0 Å². The number of aromatic carboxylic acids is 1. The first-order valence-corrected chi connectivity index (χ1v) is 3.49. The van der Waals surface area contributed by atoms with Gasteiger partial charge in [0.05, 0.1) is 5.56 Å². The van der Waals surface area contributed by atoms with E-state index in [1.165, 1.54) is 0 Å². The summed E-state index contributed by atoms with van der Waals surface area (Å²) in [5, 5.41) is 8.63. The summed E-state index contributed by atoms with van der Waals surface area (Å²) >= 11 is 0. The van der Waals surface area contributed by atoms with E-state index in [9.17, 15) is 4.79 Å². The van der Waals surface area contributed by atoms with Crippen molar-refractivity contribution in [3.05, 3.63) is 35.4 Å². The third-order valence-corrected chi connectivity index (χ3v) is 1.48. The molecule has 0 spiro atoms. The zero-order valence-electron chi connectivity index (χ0n) is 6.86. The van der Waals surface area contributed by atoms with Crippen LogP contribution in [-0.2, 0) is 6.54 Å². The molecule has 1 aromatic carbocycles. The maximum Gasteiger partial charge on any atom is 0.335 e. The van der Waals surface area contributed by atoms with E-state index in [4.69, 9.17) is 10.9 Å². The number of nitrogens with two attached hydrogens (primary N) is 1. The fourth-order valence-electron chi connectivity index (χ4n) is 0.932.